The van der Waals surface area contributed by atoms with Gasteiger partial charge >= 0.3 is 0 Å². The number of carbonyl (C=O) groups excluding carboxylic acids is 3. The van der Waals surface area contributed by atoms with Crippen molar-refractivity contribution in [2.75, 3.05) is 6.61 Å². The SMILES string of the molecule is CC1OCC(=O)C1(C)NC(=O)C(Cc1cccc(O)c1)NC(=O)c1cccc2ccccc12. The minimum Gasteiger partial charge on any atom is -0.508 e. The highest BCUT2D eigenvalue weighted by molar-refractivity contribution is 6.08. The molecule has 0 aliphatic carbocycles. The number of hydrogen-bond donors (Lipinski definition) is 3. The number of nitrogens with one attached hydrogen (secondary N) is 2. The number of ketones is 1. The number of rotatable bonds is 6. The van der Waals surface area contributed by atoms with Crippen LogP contribution in [0.25, 0.3) is 10.8 Å². The zero-order chi connectivity index (χ0) is 23.6. The molecule has 3 atom stereocenters. The smallest absolute Gasteiger partial charge is 0.252 e. The first-order valence-corrected chi connectivity index (χ1v) is 10.8. The van der Waals surface area contributed by atoms with Crippen LogP contribution in [0, 0.1) is 0 Å². The molecule has 3 aromatic carbocycles. The van der Waals surface area contributed by atoms with Gasteiger partial charge in [0.15, 0.2) is 5.78 Å². The molecule has 0 saturated carbocycles. The minimum atomic E-state index is -1.18. The first-order chi connectivity index (χ1) is 15.8. The maximum absolute atomic E-state index is 13.3. The Bertz CT molecular complexity index is 1220. The molecule has 7 heteroatoms. The van der Waals surface area contributed by atoms with Gasteiger partial charge in [-0.2, -0.15) is 0 Å². The molecule has 3 unspecified atom stereocenters. The lowest BCUT2D eigenvalue weighted by molar-refractivity contribution is -0.130. The van der Waals surface area contributed by atoms with Gasteiger partial charge in [-0.15, -0.1) is 0 Å². The second-order valence-corrected chi connectivity index (χ2v) is 8.49. The highest BCUT2D eigenvalue weighted by atomic mass is 16.5. The Morgan fingerprint density at radius 2 is 1.85 bits per heavy atom. The normalized spacial score (nSPS) is 21.0. The largest absolute Gasteiger partial charge is 0.508 e. The molecule has 1 aliphatic heterocycles. The van der Waals surface area contributed by atoms with Crippen LogP contribution in [0.5, 0.6) is 5.75 Å². The summed E-state index contributed by atoms with van der Waals surface area (Å²) in [5, 5.41) is 17.1. The van der Waals surface area contributed by atoms with E-state index in [4.69, 9.17) is 4.74 Å². The van der Waals surface area contributed by atoms with Gasteiger partial charge in [0.25, 0.3) is 5.91 Å². The fourth-order valence-corrected chi connectivity index (χ4v) is 4.05. The molecule has 2 amide bonds. The molecular formula is C26H26N2O5. The van der Waals surface area contributed by atoms with Crippen LogP contribution in [0.1, 0.15) is 29.8 Å². The van der Waals surface area contributed by atoms with Crippen molar-refractivity contribution in [1.29, 1.82) is 0 Å². The summed E-state index contributed by atoms with van der Waals surface area (Å²) >= 11 is 0. The van der Waals surface area contributed by atoms with E-state index in [1.54, 1.807) is 44.2 Å². The lowest BCUT2D eigenvalue weighted by Crippen LogP contribution is -2.60. The fourth-order valence-electron chi connectivity index (χ4n) is 4.05. The van der Waals surface area contributed by atoms with Gasteiger partial charge in [0.1, 0.15) is 23.9 Å². The third-order valence-electron chi connectivity index (χ3n) is 6.25. The van der Waals surface area contributed by atoms with Crippen molar-refractivity contribution in [3.63, 3.8) is 0 Å². The van der Waals surface area contributed by atoms with E-state index in [9.17, 15) is 19.5 Å². The Kier molecular flexibility index (Phi) is 6.16. The van der Waals surface area contributed by atoms with Crippen LogP contribution in [-0.4, -0.2) is 47.0 Å². The number of aromatic hydroxyl groups is 1. The lowest BCUT2D eigenvalue weighted by atomic mass is 9.92. The fraction of sp³-hybridized carbons (Fsp3) is 0.269. The second kappa shape index (κ2) is 9.03. The van der Waals surface area contributed by atoms with Gasteiger partial charge in [0.05, 0.1) is 6.10 Å². The molecule has 3 aromatic rings. The summed E-state index contributed by atoms with van der Waals surface area (Å²) in [6.07, 6.45) is -0.361. The molecule has 0 bridgehead atoms. The average molecular weight is 447 g/mol. The molecule has 1 aliphatic rings. The van der Waals surface area contributed by atoms with E-state index in [1.807, 2.05) is 30.3 Å². The van der Waals surface area contributed by atoms with E-state index >= 15 is 0 Å². The predicted molar refractivity (Wildman–Crippen MR) is 124 cm³/mol. The maximum atomic E-state index is 13.3. The van der Waals surface area contributed by atoms with E-state index in [1.165, 1.54) is 6.07 Å². The zero-order valence-electron chi connectivity index (χ0n) is 18.5. The first kappa shape index (κ1) is 22.5. The molecule has 7 nitrogen and oxygen atoms in total. The van der Waals surface area contributed by atoms with Crippen LogP contribution in [0.15, 0.2) is 66.7 Å². The molecule has 170 valence electrons. The number of phenols is 1. The molecule has 1 fully saturated rings. The topological polar surface area (TPSA) is 105 Å². The number of fused-ring (bicyclic) bond motifs is 1. The maximum Gasteiger partial charge on any atom is 0.252 e. The lowest BCUT2D eigenvalue weighted by Gasteiger charge is -2.30. The van der Waals surface area contributed by atoms with Gasteiger partial charge in [-0.3, -0.25) is 14.4 Å². The molecule has 0 spiro atoms. The molecule has 0 radical (unpaired) electrons. The number of carbonyl (C=O) groups is 3. The Labute approximate surface area is 191 Å². The van der Waals surface area contributed by atoms with Crippen LogP contribution in [0.3, 0.4) is 0 Å². The number of Topliss-reactive ketones (excluding diaryl/α,β-unsaturated/α-hetero) is 1. The van der Waals surface area contributed by atoms with Crippen molar-refractivity contribution in [2.24, 2.45) is 0 Å². The van der Waals surface area contributed by atoms with Crippen molar-refractivity contribution in [3.05, 3.63) is 77.9 Å². The summed E-state index contributed by atoms with van der Waals surface area (Å²) < 4.78 is 5.41. The number of ether oxygens (including phenoxy) is 1. The van der Waals surface area contributed by atoms with E-state index in [0.717, 1.165) is 10.8 Å². The van der Waals surface area contributed by atoms with Crippen LogP contribution >= 0.6 is 0 Å². The molecule has 3 N–H and O–H groups in total. The van der Waals surface area contributed by atoms with E-state index < -0.39 is 29.5 Å². The van der Waals surface area contributed by atoms with Crippen molar-refractivity contribution in [1.82, 2.24) is 10.6 Å². The van der Waals surface area contributed by atoms with Gasteiger partial charge < -0.3 is 20.5 Å². The number of phenolic OH excluding ortho intramolecular Hbond substituents is 1. The van der Waals surface area contributed by atoms with Crippen molar-refractivity contribution < 1.29 is 24.2 Å². The minimum absolute atomic E-state index is 0.0620. The Hall–Kier alpha value is -3.71. The summed E-state index contributed by atoms with van der Waals surface area (Å²) in [5.41, 5.74) is -0.0690. The summed E-state index contributed by atoms with van der Waals surface area (Å²) in [6, 6.07) is 18.5. The second-order valence-electron chi connectivity index (χ2n) is 8.49. The van der Waals surface area contributed by atoms with Crippen molar-refractivity contribution in [3.8, 4) is 5.75 Å². The zero-order valence-corrected chi connectivity index (χ0v) is 18.5. The van der Waals surface area contributed by atoms with Crippen LogP contribution in [-0.2, 0) is 20.7 Å². The van der Waals surface area contributed by atoms with Gasteiger partial charge in [0, 0.05) is 12.0 Å². The quantitative estimate of drug-likeness (QED) is 0.540. The van der Waals surface area contributed by atoms with Gasteiger partial charge in [-0.25, -0.2) is 0 Å². The monoisotopic (exact) mass is 446 g/mol. The Morgan fingerprint density at radius 3 is 2.58 bits per heavy atom. The van der Waals surface area contributed by atoms with E-state index in [-0.39, 0.29) is 24.6 Å². The number of hydrogen-bond acceptors (Lipinski definition) is 5. The average Bonchev–Trinajstić information content (AvgIpc) is 3.05. The number of amides is 2. The Morgan fingerprint density at radius 1 is 1.12 bits per heavy atom. The number of benzene rings is 3. The molecule has 33 heavy (non-hydrogen) atoms. The van der Waals surface area contributed by atoms with Crippen LogP contribution in [0.4, 0.5) is 0 Å². The third kappa shape index (κ3) is 4.59. The van der Waals surface area contributed by atoms with Crippen LogP contribution in [0.2, 0.25) is 0 Å². The highest BCUT2D eigenvalue weighted by Crippen LogP contribution is 2.23. The molecular weight excluding hydrogens is 420 g/mol. The summed E-state index contributed by atoms with van der Waals surface area (Å²) in [7, 11) is 0. The summed E-state index contributed by atoms with van der Waals surface area (Å²) in [4.78, 5) is 39.0. The molecule has 1 saturated heterocycles. The highest BCUT2D eigenvalue weighted by Gasteiger charge is 2.47. The molecule has 4 rings (SSSR count). The van der Waals surface area contributed by atoms with Crippen molar-refractivity contribution in [2.45, 2.75) is 38.0 Å². The van der Waals surface area contributed by atoms with Gasteiger partial charge in [-0.1, -0.05) is 48.5 Å². The standard InChI is InChI=1S/C26H26N2O5/c1-16-26(2,23(30)15-33-16)28-25(32)22(14-17-7-5-10-19(29)13-17)27-24(31)21-12-6-9-18-8-3-4-11-20(18)21/h3-13,16,22,29H,14-15H2,1-2H3,(H,27,31)(H,28,32). The van der Waals surface area contributed by atoms with Crippen LogP contribution < -0.4 is 10.6 Å². The molecule has 0 aromatic heterocycles. The Balaban J connectivity index is 1.63. The predicted octanol–water partition coefficient (Wildman–Crippen LogP) is 2.75. The van der Waals surface area contributed by atoms with Gasteiger partial charge in [0.2, 0.25) is 5.91 Å². The van der Waals surface area contributed by atoms with E-state index in [0.29, 0.717) is 11.1 Å². The van der Waals surface area contributed by atoms with E-state index in [2.05, 4.69) is 10.6 Å². The van der Waals surface area contributed by atoms with Gasteiger partial charge in [-0.05, 0) is 48.4 Å². The first-order valence-electron chi connectivity index (χ1n) is 10.8. The summed E-state index contributed by atoms with van der Waals surface area (Å²) in [6.45, 7) is 3.28. The third-order valence-corrected chi connectivity index (χ3v) is 6.25. The summed E-state index contributed by atoms with van der Waals surface area (Å²) in [5.74, 6) is -1.06. The van der Waals surface area contributed by atoms with Crippen molar-refractivity contribution >= 4 is 28.4 Å². The molecule has 1 heterocycles.